The van der Waals surface area contributed by atoms with Gasteiger partial charge in [-0.2, -0.15) is 5.26 Å². The summed E-state index contributed by atoms with van der Waals surface area (Å²) in [5.74, 6) is 0.683. The molecule has 1 amide bonds. The Balaban J connectivity index is 1.45. The molecule has 1 aromatic carbocycles. The molecule has 2 aliphatic carbocycles. The number of thiophene rings is 1. The highest BCUT2D eigenvalue weighted by atomic mass is 32.1. The average molecular weight is 436 g/mol. The quantitative estimate of drug-likeness (QED) is 0.623. The number of fused-ring (bicyclic) bond motifs is 2. The molecule has 0 fully saturated rings. The predicted molar refractivity (Wildman–Crippen MR) is 128 cm³/mol. The lowest BCUT2D eigenvalue weighted by Gasteiger charge is -2.33. The number of hydrogen-bond acceptors (Lipinski definition) is 4. The molecule has 4 nitrogen and oxygen atoms in total. The van der Waals surface area contributed by atoms with Gasteiger partial charge < -0.3 is 10.2 Å². The summed E-state index contributed by atoms with van der Waals surface area (Å²) in [4.78, 5) is 16.4. The van der Waals surface area contributed by atoms with Crippen LogP contribution in [0.25, 0.3) is 0 Å². The number of nitrogens with zero attached hydrogens (tertiary/aromatic N) is 2. The Kier molecular flexibility index (Phi) is 6.79. The van der Waals surface area contributed by atoms with Crippen molar-refractivity contribution in [3.63, 3.8) is 0 Å². The average Bonchev–Trinajstić information content (AvgIpc) is 3.34. The molecular formula is C26H33N3OS. The lowest BCUT2D eigenvalue weighted by Crippen LogP contribution is -2.38. The molecular weight excluding hydrogens is 402 g/mol. The largest absolute Gasteiger partial charge is 0.316 e. The van der Waals surface area contributed by atoms with Crippen LogP contribution in [0.3, 0.4) is 0 Å². The van der Waals surface area contributed by atoms with Crippen molar-refractivity contribution in [1.29, 1.82) is 5.26 Å². The minimum absolute atomic E-state index is 0.0128. The van der Waals surface area contributed by atoms with E-state index in [2.05, 4.69) is 47.6 Å². The topological polar surface area (TPSA) is 56.1 Å². The first-order valence-electron chi connectivity index (χ1n) is 11.7. The number of anilines is 1. The zero-order chi connectivity index (χ0) is 22.0. The van der Waals surface area contributed by atoms with Crippen molar-refractivity contribution in [3.05, 3.63) is 51.4 Å². The second kappa shape index (κ2) is 9.54. The number of nitriles is 1. The summed E-state index contributed by atoms with van der Waals surface area (Å²) in [6, 6.07) is 11.8. The summed E-state index contributed by atoms with van der Waals surface area (Å²) in [6.45, 7) is 5.18. The number of aryl methyl sites for hydroxylation is 1. The van der Waals surface area contributed by atoms with E-state index >= 15 is 0 Å². The summed E-state index contributed by atoms with van der Waals surface area (Å²) < 4.78 is 0. The maximum atomic E-state index is 12.6. The van der Waals surface area contributed by atoms with Crippen LogP contribution in [0.15, 0.2) is 24.3 Å². The van der Waals surface area contributed by atoms with Crippen LogP contribution in [0.1, 0.15) is 72.6 Å². The Morgan fingerprint density at radius 1 is 1.26 bits per heavy atom. The second-order valence-corrected chi connectivity index (χ2v) is 10.2. The monoisotopic (exact) mass is 435 g/mol. The first-order valence-corrected chi connectivity index (χ1v) is 12.5. The van der Waals surface area contributed by atoms with Crippen molar-refractivity contribution < 1.29 is 4.79 Å². The third kappa shape index (κ3) is 4.42. The Bertz CT molecular complexity index is 985. The maximum absolute atomic E-state index is 12.6. The molecule has 0 spiro atoms. The van der Waals surface area contributed by atoms with E-state index < -0.39 is 0 Å². The van der Waals surface area contributed by atoms with E-state index in [0.29, 0.717) is 17.5 Å². The molecule has 1 aromatic heterocycles. The summed E-state index contributed by atoms with van der Waals surface area (Å²) in [5.41, 5.74) is 4.91. The van der Waals surface area contributed by atoms with Crippen LogP contribution >= 0.6 is 11.3 Å². The van der Waals surface area contributed by atoms with Gasteiger partial charge in [-0.25, -0.2) is 0 Å². The Hall–Kier alpha value is -2.16. The molecule has 2 unspecified atom stereocenters. The highest BCUT2D eigenvalue weighted by molar-refractivity contribution is 7.16. The lowest BCUT2D eigenvalue weighted by molar-refractivity contribution is -0.120. The highest BCUT2D eigenvalue weighted by Gasteiger charge is 2.31. The van der Waals surface area contributed by atoms with Gasteiger partial charge in [0.2, 0.25) is 5.91 Å². The molecule has 0 bridgehead atoms. The molecule has 5 heteroatoms. The molecule has 2 atom stereocenters. The van der Waals surface area contributed by atoms with E-state index in [1.54, 1.807) is 11.3 Å². The minimum Gasteiger partial charge on any atom is -0.316 e. The van der Waals surface area contributed by atoms with Crippen LogP contribution in [0.5, 0.6) is 0 Å². The molecule has 2 aliphatic rings. The zero-order valence-electron chi connectivity index (χ0n) is 18.9. The van der Waals surface area contributed by atoms with Gasteiger partial charge in [0, 0.05) is 23.4 Å². The van der Waals surface area contributed by atoms with E-state index in [-0.39, 0.29) is 11.8 Å². The van der Waals surface area contributed by atoms with Crippen molar-refractivity contribution >= 4 is 22.2 Å². The van der Waals surface area contributed by atoms with Gasteiger partial charge in [0.15, 0.2) is 0 Å². The maximum Gasteiger partial charge on any atom is 0.228 e. The smallest absolute Gasteiger partial charge is 0.228 e. The normalized spacial score (nSPS) is 19.9. The van der Waals surface area contributed by atoms with Crippen LogP contribution in [-0.4, -0.2) is 30.4 Å². The first kappa shape index (κ1) is 22.0. The molecule has 0 radical (unpaired) electrons. The summed E-state index contributed by atoms with van der Waals surface area (Å²) >= 11 is 1.62. The first-order chi connectivity index (χ1) is 15.0. The number of rotatable bonds is 7. The van der Waals surface area contributed by atoms with Crippen molar-refractivity contribution in [2.75, 3.05) is 18.9 Å². The number of hydrogen-bond donors (Lipinski definition) is 1. The van der Waals surface area contributed by atoms with Gasteiger partial charge in [-0.1, -0.05) is 38.1 Å². The zero-order valence-corrected chi connectivity index (χ0v) is 19.7. The van der Waals surface area contributed by atoms with Gasteiger partial charge in [0.05, 0.1) is 5.56 Å². The molecule has 1 N–H and O–H groups in total. The summed E-state index contributed by atoms with van der Waals surface area (Å²) in [6.07, 6.45) is 7.05. The Morgan fingerprint density at radius 3 is 2.77 bits per heavy atom. The number of nitrogens with one attached hydrogen (secondary N) is 1. The van der Waals surface area contributed by atoms with Gasteiger partial charge in [0.1, 0.15) is 11.1 Å². The highest BCUT2D eigenvalue weighted by Crippen LogP contribution is 2.40. The van der Waals surface area contributed by atoms with Gasteiger partial charge in [-0.15, -0.1) is 11.3 Å². The fourth-order valence-electron chi connectivity index (χ4n) is 5.36. The Labute approximate surface area is 190 Å². The number of carbonyl (C=O) groups excluding carboxylic acids is 1. The number of carbonyl (C=O) groups is 1. The molecule has 2 aromatic rings. The van der Waals surface area contributed by atoms with Crippen molar-refractivity contribution in [2.45, 2.75) is 70.8 Å². The van der Waals surface area contributed by atoms with Gasteiger partial charge in [-0.05, 0) is 74.6 Å². The molecule has 0 saturated heterocycles. The number of likely N-dealkylation sites (N-methyl/N-ethyl adjacent to an activating group) is 1. The fourth-order valence-corrected chi connectivity index (χ4v) is 6.63. The third-order valence-electron chi connectivity index (χ3n) is 7.33. The van der Waals surface area contributed by atoms with Gasteiger partial charge in [0.25, 0.3) is 0 Å². The van der Waals surface area contributed by atoms with E-state index in [9.17, 15) is 10.1 Å². The molecule has 164 valence electrons. The van der Waals surface area contributed by atoms with Crippen molar-refractivity contribution in [3.8, 4) is 6.07 Å². The summed E-state index contributed by atoms with van der Waals surface area (Å²) in [5, 5.41) is 13.6. The fraction of sp³-hybridized carbons (Fsp3) is 0.538. The van der Waals surface area contributed by atoms with Crippen molar-refractivity contribution in [2.24, 2.45) is 5.92 Å². The Morgan fingerprint density at radius 2 is 2.03 bits per heavy atom. The molecule has 1 heterocycles. The standard InChI is InChI=1S/C26H33N3OS/c1-4-17(5-2)25(30)28-26-23(15-27)22-13-12-20(14-24(22)31-26)29(3)16-19-11-10-18-8-6-7-9-21(18)19/h6-9,17,19-20H,4-5,10-14,16H2,1-3H3,(H,28,30). The molecule has 0 saturated carbocycles. The SMILES string of the molecule is CCC(CC)C(=O)Nc1sc2c(c1C#N)CCC(N(C)CC1CCc3ccccc31)C2. The van der Waals surface area contributed by atoms with E-state index in [4.69, 9.17) is 0 Å². The summed E-state index contributed by atoms with van der Waals surface area (Å²) in [7, 11) is 2.26. The van der Waals surface area contributed by atoms with Crippen LogP contribution in [0.2, 0.25) is 0 Å². The van der Waals surface area contributed by atoms with Crippen LogP contribution in [0.4, 0.5) is 5.00 Å². The second-order valence-electron chi connectivity index (χ2n) is 9.09. The van der Waals surface area contributed by atoms with Crippen molar-refractivity contribution in [1.82, 2.24) is 4.90 Å². The van der Waals surface area contributed by atoms with E-state index in [1.165, 1.54) is 34.4 Å². The van der Waals surface area contributed by atoms with Gasteiger partial charge in [-0.3, -0.25) is 4.79 Å². The van der Waals surface area contributed by atoms with Crippen LogP contribution < -0.4 is 5.32 Å². The molecule has 4 rings (SSSR count). The van der Waals surface area contributed by atoms with Gasteiger partial charge >= 0.3 is 0 Å². The molecule has 0 aliphatic heterocycles. The predicted octanol–water partition coefficient (Wildman–Crippen LogP) is 5.51. The molecule has 31 heavy (non-hydrogen) atoms. The van der Waals surface area contributed by atoms with E-state index in [1.807, 2.05) is 13.8 Å². The lowest BCUT2D eigenvalue weighted by atomic mass is 9.90. The third-order valence-corrected chi connectivity index (χ3v) is 8.50. The number of amides is 1. The van der Waals surface area contributed by atoms with Crippen LogP contribution in [0, 0.1) is 17.2 Å². The van der Waals surface area contributed by atoms with E-state index in [0.717, 1.165) is 43.6 Å². The van der Waals surface area contributed by atoms with Crippen LogP contribution in [-0.2, 0) is 24.1 Å². The number of benzene rings is 1. The minimum atomic E-state index is 0.0128.